The van der Waals surface area contributed by atoms with Gasteiger partial charge in [0, 0.05) is 38.8 Å². The summed E-state index contributed by atoms with van der Waals surface area (Å²) in [5.74, 6) is -1.61. The zero-order valence-electron chi connectivity index (χ0n) is 17.9. The fourth-order valence-electron chi connectivity index (χ4n) is 3.09. The molecule has 0 bridgehead atoms. The summed E-state index contributed by atoms with van der Waals surface area (Å²) >= 11 is 4.93. The number of rotatable bonds is 9. The van der Waals surface area contributed by atoms with Crippen LogP contribution in [-0.4, -0.2) is 75.2 Å². The fourth-order valence-corrected chi connectivity index (χ4v) is 3.17. The van der Waals surface area contributed by atoms with E-state index in [4.69, 9.17) is 17.0 Å². The van der Waals surface area contributed by atoms with Gasteiger partial charge in [0.05, 0.1) is 30.9 Å². The molecule has 1 aliphatic rings. The summed E-state index contributed by atoms with van der Waals surface area (Å²) in [4.78, 5) is 26.8. The number of hydrazine groups is 1. The van der Waals surface area contributed by atoms with Crippen molar-refractivity contribution in [2.45, 2.75) is 20.0 Å². The second kappa shape index (κ2) is 11.0. The SMILES string of the molecule is CCN(CCNN(C)C(=O)OC)c1c(F)cc(N2C[C@H](CNC(C)=S)OC2=O)cc1F. The molecule has 0 radical (unpaired) electrons. The Balaban J connectivity index is 2.09. The van der Waals surface area contributed by atoms with Crippen molar-refractivity contribution in [3.05, 3.63) is 23.8 Å². The number of cyclic esters (lactones) is 1. The number of benzene rings is 1. The summed E-state index contributed by atoms with van der Waals surface area (Å²) in [5.41, 5.74) is 2.64. The van der Waals surface area contributed by atoms with Crippen LogP contribution in [-0.2, 0) is 9.47 Å². The number of carbonyl (C=O) groups is 2. The number of amides is 2. The van der Waals surface area contributed by atoms with Crippen molar-refractivity contribution in [2.24, 2.45) is 0 Å². The molecule has 1 saturated heterocycles. The van der Waals surface area contributed by atoms with Crippen molar-refractivity contribution in [1.29, 1.82) is 0 Å². The van der Waals surface area contributed by atoms with Crippen LogP contribution in [0.2, 0.25) is 0 Å². The van der Waals surface area contributed by atoms with E-state index < -0.39 is 29.9 Å². The smallest absolute Gasteiger partial charge is 0.423 e. The number of carbonyl (C=O) groups excluding carboxylic acids is 2. The molecule has 0 aromatic heterocycles. The third-order valence-electron chi connectivity index (χ3n) is 4.64. The molecule has 1 aliphatic heterocycles. The Labute approximate surface area is 185 Å². The number of nitrogens with zero attached hydrogens (tertiary/aromatic N) is 3. The topological polar surface area (TPSA) is 86.4 Å². The Bertz CT molecular complexity index is 805. The van der Waals surface area contributed by atoms with E-state index in [1.807, 2.05) is 0 Å². The third-order valence-corrected chi connectivity index (χ3v) is 4.79. The Morgan fingerprint density at radius 1 is 1.39 bits per heavy atom. The van der Waals surface area contributed by atoms with Gasteiger partial charge in [-0.2, -0.15) is 0 Å². The van der Waals surface area contributed by atoms with E-state index in [9.17, 15) is 18.4 Å². The van der Waals surface area contributed by atoms with Gasteiger partial charge in [-0.1, -0.05) is 12.2 Å². The van der Waals surface area contributed by atoms with E-state index in [2.05, 4.69) is 15.5 Å². The predicted octanol–water partition coefficient (Wildman–Crippen LogP) is 2.26. The van der Waals surface area contributed by atoms with Gasteiger partial charge in [0.2, 0.25) is 0 Å². The highest BCUT2D eigenvalue weighted by molar-refractivity contribution is 7.80. The van der Waals surface area contributed by atoms with Gasteiger partial charge in [0.15, 0.2) is 11.6 Å². The van der Waals surface area contributed by atoms with Crippen molar-refractivity contribution in [2.75, 3.05) is 56.7 Å². The van der Waals surface area contributed by atoms with Crippen molar-refractivity contribution in [3.63, 3.8) is 0 Å². The number of ether oxygens (including phenoxy) is 2. The highest BCUT2D eigenvalue weighted by Crippen LogP contribution is 2.30. The first-order chi connectivity index (χ1) is 14.7. The van der Waals surface area contributed by atoms with Crippen LogP contribution in [0, 0.1) is 11.6 Å². The molecule has 0 saturated carbocycles. The Morgan fingerprint density at radius 3 is 2.58 bits per heavy atom. The summed E-state index contributed by atoms with van der Waals surface area (Å²) < 4.78 is 39.5. The van der Waals surface area contributed by atoms with Gasteiger partial charge < -0.3 is 19.7 Å². The molecule has 0 spiro atoms. The lowest BCUT2D eigenvalue weighted by atomic mass is 10.2. The molecule has 1 aromatic rings. The molecular weight excluding hydrogens is 432 g/mol. The standard InChI is InChI=1S/C19H27F2N5O4S/c1-5-25(7-6-23-24(3)18(27)29-4)17-15(20)8-13(9-16(17)21)26-11-14(30-19(26)28)10-22-12(2)31/h8-9,14,23H,5-7,10-11H2,1-4H3,(H,22,31)/t14-/m0/s1. The molecular formula is C19H27F2N5O4S. The van der Waals surface area contributed by atoms with Crippen LogP contribution < -0.4 is 20.5 Å². The Hall–Kier alpha value is -2.73. The van der Waals surface area contributed by atoms with E-state index in [1.165, 1.54) is 24.0 Å². The van der Waals surface area contributed by atoms with E-state index >= 15 is 0 Å². The normalized spacial score (nSPS) is 15.5. The molecule has 31 heavy (non-hydrogen) atoms. The predicted molar refractivity (Wildman–Crippen MR) is 116 cm³/mol. The first-order valence-electron chi connectivity index (χ1n) is 9.69. The average Bonchev–Trinajstić information content (AvgIpc) is 3.10. The molecule has 2 rings (SSSR count). The molecule has 9 nitrogen and oxygen atoms in total. The number of methoxy groups -OCH3 is 1. The van der Waals surface area contributed by atoms with Crippen molar-refractivity contribution >= 4 is 40.8 Å². The van der Waals surface area contributed by atoms with Gasteiger partial charge in [-0.15, -0.1) is 0 Å². The van der Waals surface area contributed by atoms with Gasteiger partial charge in [0.25, 0.3) is 0 Å². The number of nitrogens with one attached hydrogen (secondary N) is 2. The van der Waals surface area contributed by atoms with Gasteiger partial charge in [0.1, 0.15) is 11.8 Å². The Morgan fingerprint density at radius 2 is 2.03 bits per heavy atom. The molecule has 1 fully saturated rings. The quantitative estimate of drug-likeness (QED) is 0.430. The number of likely N-dealkylation sites (N-methyl/N-ethyl adjacent to an activating group) is 1. The second-order valence-corrected chi connectivity index (χ2v) is 7.44. The number of halogens is 2. The van der Waals surface area contributed by atoms with Crippen molar-refractivity contribution in [1.82, 2.24) is 15.8 Å². The lowest BCUT2D eigenvalue weighted by molar-refractivity contribution is 0.115. The molecule has 172 valence electrons. The van der Waals surface area contributed by atoms with Crippen LogP contribution in [0.4, 0.5) is 29.7 Å². The molecule has 2 amide bonds. The zero-order chi connectivity index (χ0) is 23.1. The maximum absolute atomic E-state index is 14.9. The second-order valence-electron chi connectivity index (χ2n) is 6.83. The summed E-state index contributed by atoms with van der Waals surface area (Å²) in [6.45, 7) is 4.71. The minimum atomic E-state index is -0.803. The number of hydrogen-bond donors (Lipinski definition) is 2. The van der Waals surface area contributed by atoms with Gasteiger partial charge >= 0.3 is 12.2 Å². The van der Waals surface area contributed by atoms with Crippen LogP contribution in [0.1, 0.15) is 13.8 Å². The van der Waals surface area contributed by atoms with Gasteiger partial charge in [-0.3, -0.25) is 4.90 Å². The first kappa shape index (κ1) is 24.5. The van der Waals surface area contributed by atoms with Gasteiger partial charge in [-0.25, -0.2) is 28.8 Å². The van der Waals surface area contributed by atoms with Crippen LogP contribution in [0.25, 0.3) is 0 Å². The van der Waals surface area contributed by atoms with Crippen LogP contribution in [0.15, 0.2) is 12.1 Å². The van der Waals surface area contributed by atoms with E-state index in [0.717, 1.165) is 17.1 Å². The number of thiocarbonyl (C=S) groups is 1. The van der Waals surface area contributed by atoms with Crippen molar-refractivity contribution in [3.8, 4) is 0 Å². The summed E-state index contributed by atoms with van der Waals surface area (Å²) in [7, 11) is 2.72. The van der Waals surface area contributed by atoms with Gasteiger partial charge in [-0.05, 0) is 13.8 Å². The van der Waals surface area contributed by atoms with E-state index in [0.29, 0.717) is 18.1 Å². The largest absolute Gasteiger partial charge is 0.452 e. The molecule has 12 heteroatoms. The summed E-state index contributed by atoms with van der Waals surface area (Å²) in [5, 5.41) is 4.05. The fraction of sp³-hybridized carbons (Fsp3) is 0.526. The maximum Gasteiger partial charge on any atom is 0.423 e. The highest BCUT2D eigenvalue weighted by atomic mass is 32.1. The molecule has 1 aromatic carbocycles. The number of hydrogen-bond acceptors (Lipinski definition) is 7. The molecule has 1 heterocycles. The van der Waals surface area contributed by atoms with Crippen LogP contribution in [0.3, 0.4) is 0 Å². The Kier molecular flexibility index (Phi) is 8.75. The third kappa shape index (κ3) is 6.37. The first-order valence-corrected chi connectivity index (χ1v) is 10.1. The van der Waals surface area contributed by atoms with Crippen LogP contribution >= 0.6 is 12.2 Å². The summed E-state index contributed by atoms with van der Waals surface area (Å²) in [6.07, 6.45) is -1.75. The van der Waals surface area contributed by atoms with E-state index in [-0.39, 0.29) is 31.0 Å². The monoisotopic (exact) mass is 459 g/mol. The van der Waals surface area contributed by atoms with Crippen molar-refractivity contribution < 1.29 is 27.8 Å². The lowest BCUT2D eigenvalue weighted by Crippen LogP contribution is -2.43. The highest BCUT2D eigenvalue weighted by Gasteiger charge is 2.33. The summed E-state index contributed by atoms with van der Waals surface area (Å²) in [6, 6.07) is 2.22. The minimum absolute atomic E-state index is 0.0740. The average molecular weight is 460 g/mol. The minimum Gasteiger partial charge on any atom is -0.452 e. The molecule has 0 aliphatic carbocycles. The van der Waals surface area contributed by atoms with E-state index in [1.54, 1.807) is 13.8 Å². The van der Waals surface area contributed by atoms with Crippen LogP contribution in [0.5, 0.6) is 0 Å². The number of anilines is 2. The maximum atomic E-state index is 14.9. The molecule has 2 N–H and O–H groups in total. The molecule has 0 unspecified atom stereocenters. The zero-order valence-corrected chi connectivity index (χ0v) is 18.7. The molecule has 1 atom stereocenters. The lowest BCUT2D eigenvalue weighted by Gasteiger charge is -2.26.